The highest BCUT2D eigenvalue weighted by atomic mass is 16.4. The van der Waals surface area contributed by atoms with Crippen LogP contribution in [0.2, 0.25) is 0 Å². The summed E-state index contributed by atoms with van der Waals surface area (Å²) in [6.07, 6.45) is 1.82. The van der Waals surface area contributed by atoms with Gasteiger partial charge in [0, 0.05) is 11.3 Å². The Labute approximate surface area is 152 Å². The van der Waals surface area contributed by atoms with Crippen molar-refractivity contribution >= 4 is 17.6 Å². The molecule has 0 saturated carbocycles. The van der Waals surface area contributed by atoms with Crippen LogP contribution in [0.15, 0.2) is 36.4 Å². The summed E-state index contributed by atoms with van der Waals surface area (Å²) >= 11 is 0. The van der Waals surface area contributed by atoms with Crippen molar-refractivity contribution in [3.63, 3.8) is 0 Å². The zero-order valence-electron chi connectivity index (χ0n) is 15.2. The van der Waals surface area contributed by atoms with Crippen LogP contribution in [-0.4, -0.2) is 28.6 Å². The number of phenolic OH excluding ortho intramolecular Hbond substituents is 1. The largest absolute Gasteiger partial charge is 0.508 e. The number of para-hydroxylation sites is 1. The molecule has 26 heavy (non-hydrogen) atoms. The lowest BCUT2D eigenvalue weighted by atomic mass is 9.75. The van der Waals surface area contributed by atoms with Gasteiger partial charge in [-0.3, -0.25) is 14.5 Å². The number of aryl methyl sites for hydroxylation is 2. The second-order valence-corrected chi connectivity index (χ2v) is 6.97. The number of carbonyl (C=O) groups excluding carboxylic acids is 1. The number of phenols is 1. The number of fused-ring (bicyclic) bond motifs is 1. The molecule has 1 aliphatic heterocycles. The first-order valence-corrected chi connectivity index (χ1v) is 8.77. The number of amides is 1. The minimum Gasteiger partial charge on any atom is -0.508 e. The van der Waals surface area contributed by atoms with E-state index in [4.69, 9.17) is 0 Å². The third-order valence-corrected chi connectivity index (χ3v) is 5.21. The smallest absolute Gasteiger partial charge is 0.323 e. The molecule has 0 spiro atoms. The lowest BCUT2D eigenvalue weighted by molar-refractivity contribution is -0.136. The summed E-state index contributed by atoms with van der Waals surface area (Å²) in [5, 5.41) is 19.9. The molecule has 1 atom stereocenters. The number of carboxylic acids is 1. The van der Waals surface area contributed by atoms with Gasteiger partial charge < -0.3 is 10.2 Å². The first-order valence-electron chi connectivity index (χ1n) is 8.77. The van der Waals surface area contributed by atoms with Crippen molar-refractivity contribution in [3.8, 4) is 5.75 Å². The standard InChI is InChI=1S/C21H23NO4/c1-4-7-14-11-18(23)16(10-13(14)2)21(3)15-8-5-6-9-17(15)22(20(21)26)12-19(24)25/h5-6,8-11,23H,4,7,12H2,1-3H3,(H,24,25). The van der Waals surface area contributed by atoms with E-state index < -0.39 is 17.9 Å². The number of aromatic hydroxyl groups is 1. The molecule has 5 nitrogen and oxygen atoms in total. The van der Waals surface area contributed by atoms with E-state index in [2.05, 4.69) is 6.92 Å². The minimum atomic E-state index is -1.12. The maximum atomic E-state index is 13.2. The van der Waals surface area contributed by atoms with E-state index in [0.717, 1.165) is 24.0 Å². The summed E-state index contributed by atoms with van der Waals surface area (Å²) in [7, 11) is 0. The fourth-order valence-electron chi connectivity index (χ4n) is 3.86. The average molecular weight is 353 g/mol. The number of carboxylic acid groups (broad SMARTS) is 1. The number of hydrogen-bond acceptors (Lipinski definition) is 3. The van der Waals surface area contributed by atoms with E-state index in [1.807, 2.05) is 25.1 Å². The molecule has 1 aliphatic rings. The van der Waals surface area contributed by atoms with E-state index in [-0.39, 0.29) is 11.7 Å². The van der Waals surface area contributed by atoms with E-state index >= 15 is 0 Å². The molecule has 2 aromatic carbocycles. The number of aliphatic carboxylic acids is 1. The highest BCUT2D eigenvalue weighted by molar-refractivity contribution is 6.12. The van der Waals surface area contributed by atoms with Gasteiger partial charge in [-0.15, -0.1) is 0 Å². The Morgan fingerprint density at radius 3 is 2.54 bits per heavy atom. The number of anilines is 1. The molecule has 1 amide bonds. The predicted molar refractivity (Wildman–Crippen MR) is 99.7 cm³/mol. The number of nitrogens with zero attached hydrogens (tertiary/aromatic N) is 1. The second kappa shape index (κ2) is 6.48. The van der Waals surface area contributed by atoms with Gasteiger partial charge in [-0.1, -0.05) is 37.6 Å². The summed E-state index contributed by atoms with van der Waals surface area (Å²) in [5.74, 6) is -1.34. The summed E-state index contributed by atoms with van der Waals surface area (Å²) in [6, 6.07) is 10.8. The molecule has 136 valence electrons. The Morgan fingerprint density at radius 1 is 1.19 bits per heavy atom. The predicted octanol–water partition coefficient (Wildman–Crippen LogP) is 3.39. The van der Waals surface area contributed by atoms with Crippen LogP contribution in [0.1, 0.15) is 42.5 Å². The highest BCUT2D eigenvalue weighted by Crippen LogP contribution is 2.48. The molecule has 0 bridgehead atoms. The van der Waals surface area contributed by atoms with Crippen molar-refractivity contribution in [3.05, 3.63) is 58.7 Å². The molecule has 0 saturated heterocycles. The van der Waals surface area contributed by atoms with Crippen LogP contribution in [0.3, 0.4) is 0 Å². The van der Waals surface area contributed by atoms with Gasteiger partial charge in [0.05, 0.1) is 0 Å². The fraction of sp³-hybridized carbons (Fsp3) is 0.333. The van der Waals surface area contributed by atoms with Crippen LogP contribution in [0.5, 0.6) is 5.75 Å². The fourth-order valence-corrected chi connectivity index (χ4v) is 3.86. The zero-order chi connectivity index (χ0) is 19.1. The SMILES string of the molecule is CCCc1cc(O)c(C2(C)C(=O)N(CC(=O)O)c3ccccc32)cc1C. The highest BCUT2D eigenvalue weighted by Gasteiger charge is 2.50. The van der Waals surface area contributed by atoms with Crippen molar-refractivity contribution in [1.82, 2.24) is 0 Å². The normalized spacial score (nSPS) is 18.9. The van der Waals surface area contributed by atoms with Crippen LogP contribution in [0.25, 0.3) is 0 Å². The van der Waals surface area contributed by atoms with Crippen LogP contribution >= 0.6 is 0 Å². The van der Waals surface area contributed by atoms with Gasteiger partial charge in [-0.05, 0) is 49.1 Å². The summed E-state index contributed by atoms with van der Waals surface area (Å²) < 4.78 is 0. The Hall–Kier alpha value is -2.82. The second-order valence-electron chi connectivity index (χ2n) is 6.97. The molecule has 1 unspecified atom stereocenters. The van der Waals surface area contributed by atoms with Gasteiger partial charge >= 0.3 is 5.97 Å². The molecule has 0 aliphatic carbocycles. The molecule has 5 heteroatoms. The van der Waals surface area contributed by atoms with Gasteiger partial charge in [0.15, 0.2) is 0 Å². The maximum Gasteiger partial charge on any atom is 0.323 e. The third-order valence-electron chi connectivity index (χ3n) is 5.21. The number of benzene rings is 2. The van der Waals surface area contributed by atoms with Gasteiger partial charge in [0.2, 0.25) is 5.91 Å². The van der Waals surface area contributed by atoms with Crippen molar-refractivity contribution in [1.29, 1.82) is 0 Å². The summed E-state index contributed by atoms with van der Waals surface area (Å²) in [5.41, 5.74) is 2.76. The first-order chi connectivity index (χ1) is 12.3. The molecule has 0 aromatic heterocycles. The average Bonchev–Trinajstić information content (AvgIpc) is 2.81. The number of carbonyl (C=O) groups is 2. The van der Waals surface area contributed by atoms with Gasteiger partial charge in [0.25, 0.3) is 0 Å². The van der Waals surface area contributed by atoms with Crippen LogP contribution in [-0.2, 0) is 21.4 Å². The van der Waals surface area contributed by atoms with Crippen molar-refractivity contribution < 1.29 is 19.8 Å². The minimum absolute atomic E-state index is 0.0712. The van der Waals surface area contributed by atoms with Crippen LogP contribution < -0.4 is 4.90 Å². The number of rotatable bonds is 5. The van der Waals surface area contributed by atoms with Gasteiger partial charge in [-0.25, -0.2) is 0 Å². The summed E-state index contributed by atoms with van der Waals surface area (Å²) in [4.78, 5) is 25.8. The Kier molecular flexibility index (Phi) is 4.48. The Balaban J connectivity index is 2.19. The molecule has 0 fully saturated rings. The van der Waals surface area contributed by atoms with Gasteiger partial charge in [0.1, 0.15) is 17.7 Å². The quantitative estimate of drug-likeness (QED) is 0.864. The van der Waals surface area contributed by atoms with Crippen molar-refractivity contribution in [2.45, 2.75) is 39.0 Å². The summed E-state index contributed by atoms with van der Waals surface area (Å²) in [6.45, 7) is 5.40. The molecule has 1 heterocycles. The van der Waals surface area contributed by atoms with E-state index in [1.54, 1.807) is 25.1 Å². The molecular weight excluding hydrogens is 330 g/mol. The maximum absolute atomic E-state index is 13.2. The van der Waals surface area contributed by atoms with Crippen LogP contribution in [0, 0.1) is 6.92 Å². The third kappa shape index (κ3) is 2.64. The van der Waals surface area contributed by atoms with E-state index in [0.29, 0.717) is 16.8 Å². The Morgan fingerprint density at radius 2 is 1.88 bits per heavy atom. The van der Waals surface area contributed by atoms with Crippen molar-refractivity contribution in [2.24, 2.45) is 0 Å². The lowest BCUT2D eigenvalue weighted by Gasteiger charge is -2.26. The van der Waals surface area contributed by atoms with Crippen molar-refractivity contribution in [2.75, 3.05) is 11.4 Å². The number of hydrogen-bond donors (Lipinski definition) is 2. The van der Waals surface area contributed by atoms with Gasteiger partial charge in [-0.2, -0.15) is 0 Å². The molecule has 3 rings (SSSR count). The van der Waals surface area contributed by atoms with E-state index in [9.17, 15) is 19.8 Å². The molecule has 2 aromatic rings. The monoisotopic (exact) mass is 353 g/mol. The zero-order valence-corrected chi connectivity index (χ0v) is 15.2. The molecular formula is C21H23NO4. The molecule has 2 N–H and O–H groups in total. The first kappa shape index (κ1) is 18.0. The van der Waals surface area contributed by atoms with Crippen LogP contribution in [0.4, 0.5) is 5.69 Å². The Bertz CT molecular complexity index is 890. The van der Waals surface area contributed by atoms with E-state index in [1.165, 1.54) is 4.90 Å². The lowest BCUT2D eigenvalue weighted by Crippen LogP contribution is -2.41. The topological polar surface area (TPSA) is 77.8 Å². The molecule has 0 radical (unpaired) electrons.